The van der Waals surface area contributed by atoms with Gasteiger partial charge in [0, 0.05) is 38.3 Å². The van der Waals surface area contributed by atoms with Gasteiger partial charge in [0.15, 0.2) is 11.7 Å². The molecule has 0 aliphatic heterocycles. The van der Waals surface area contributed by atoms with Crippen LogP contribution in [0.2, 0.25) is 0 Å². The number of ether oxygens (including phenoxy) is 1. The first kappa shape index (κ1) is 23.3. The van der Waals surface area contributed by atoms with Crippen LogP contribution in [0, 0.1) is 11.8 Å². The van der Waals surface area contributed by atoms with Gasteiger partial charge >= 0.3 is 0 Å². The van der Waals surface area contributed by atoms with Crippen molar-refractivity contribution in [1.82, 2.24) is 20.2 Å². The predicted molar refractivity (Wildman–Crippen MR) is 128 cm³/mol. The number of rotatable bonds is 9. The Balaban J connectivity index is 1.69. The first-order chi connectivity index (χ1) is 15.1. The molecule has 3 unspecified atom stereocenters. The summed E-state index contributed by atoms with van der Waals surface area (Å²) in [6.45, 7) is 7.81. The third-order valence-electron chi connectivity index (χ3n) is 6.32. The summed E-state index contributed by atoms with van der Waals surface area (Å²) in [4.78, 5) is 9.48. The highest BCUT2D eigenvalue weighted by atomic mass is 16.5. The molecule has 0 spiro atoms. The van der Waals surface area contributed by atoms with Gasteiger partial charge in [0.05, 0.1) is 19.0 Å². The third kappa shape index (κ3) is 5.86. The number of aromatic nitrogens is 2. The number of aliphatic imine (C=N–C) groups is 1. The van der Waals surface area contributed by atoms with E-state index in [4.69, 9.17) is 20.4 Å². The SMILES string of the molecule is CCN=C(NC1CCC(CNCCN)C(C)C1)c1ncc(-c2ccc(OC)cc2)n1C. The Morgan fingerprint density at radius 1 is 1.29 bits per heavy atom. The number of imidazole rings is 1. The van der Waals surface area contributed by atoms with Gasteiger partial charge in [-0.05, 0) is 68.8 Å². The summed E-state index contributed by atoms with van der Waals surface area (Å²) in [5.41, 5.74) is 7.77. The minimum absolute atomic E-state index is 0.423. The Morgan fingerprint density at radius 2 is 2.06 bits per heavy atom. The monoisotopic (exact) mass is 426 g/mol. The summed E-state index contributed by atoms with van der Waals surface area (Å²) in [5, 5.41) is 7.20. The number of hydrogen-bond acceptors (Lipinski definition) is 5. The van der Waals surface area contributed by atoms with Crippen LogP contribution in [-0.2, 0) is 7.05 Å². The lowest BCUT2D eigenvalue weighted by Gasteiger charge is -2.35. The first-order valence-corrected chi connectivity index (χ1v) is 11.5. The van der Waals surface area contributed by atoms with Crippen LogP contribution in [0.15, 0.2) is 35.5 Å². The van der Waals surface area contributed by atoms with Crippen LogP contribution in [0.4, 0.5) is 0 Å². The lowest BCUT2D eigenvalue weighted by Crippen LogP contribution is -2.43. The molecule has 3 atom stereocenters. The molecule has 31 heavy (non-hydrogen) atoms. The van der Waals surface area contributed by atoms with E-state index in [1.165, 1.54) is 6.42 Å². The molecule has 1 aromatic heterocycles. The zero-order chi connectivity index (χ0) is 22.2. The minimum atomic E-state index is 0.423. The van der Waals surface area contributed by atoms with E-state index in [1.54, 1.807) is 7.11 Å². The minimum Gasteiger partial charge on any atom is -0.497 e. The molecular formula is C24H38N6O. The molecule has 1 saturated carbocycles. The van der Waals surface area contributed by atoms with E-state index >= 15 is 0 Å². The molecule has 1 fully saturated rings. The summed E-state index contributed by atoms with van der Waals surface area (Å²) in [6.07, 6.45) is 5.44. The third-order valence-corrected chi connectivity index (χ3v) is 6.32. The first-order valence-electron chi connectivity index (χ1n) is 11.5. The van der Waals surface area contributed by atoms with Crippen molar-refractivity contribution in [2.45, 2.75) is 39.2 Å². The number of methoxy groups -OCH3 is 1. The lowest BCUT2D eigenvalue weighted by atomic mass is 9.78. The Labute approximate surface area is 186 Å². The van der Waals surface area contributed by atoms with Gasteiger partial charge in [0.1, 0.15) is 5.75 Å². The van der Waals surface area contributed by atoms with Crippen molar-refractivity contribution >= 4 is 5.84 Å². The largest absolute Gasteiger partial charge is 0.497 e. The molecule has 7 nitrogen and oxygen atoms in total. The standard InChI is InChI=1S/C24H38N6O/c1-5-27-23(29-20-9-6-19(17(2)14-20)15-26-13-12-25)24-28-16-22(30(24)3)18-7-10-21(31-4)11-8-18/h7-8,10-11,16-17,19-20,26H,5-6,9,12-15,25H2,1-4H3,(H,27,29). The second-order valence-corrected chi connectivity index (χ2v) is 8.46. The van der Waals surface area contributed by atoms with Gasteiger partial charge in [-0.3, -0.25) is 4.99 Å². The highest BCUT2D eigenvalue weighted by molar-refractivity contribution is 5.96. The maximum Gasteiger partial charge on any atom is 0.175 e. The molecule has 1 aliphatic carbocycles. The van der Waals surface area contributed by atoms with Gasteiger partial charge in [0.2, 0.25) is 0 Å². The van der Waals surface area contributed by atoms with Crippen molar-refractivity contribution < 1.29 is 4.74 Å². The van der Waals surface area contributed by atoms with Crippen molar-refractivity contribution in [3.63, 3.8) is 0 Å². The van der Waals surface area contributed by atoms with E-state index in [-0.39, 0.29) is 0 Å². The predicted octanol–water partition coefficient (Wildman–Crippen LogP) is 2.80. The van der Waals surface area contributed by atoms with Crippen LogP contribution in [0.3, 0.4) is 0 Å². The molecular weight excluding hydrogens is 388 g/mol. The number of benzene rings is 1. The van der Waals surface area contributed by atoms with E-state index < -0.39 is 0 Å². The van der Waals surface area contributed by atoms with Crippen LogP contribution >= 0.6 is 0 Å². The molecule has 170 valence electrons. The van der Waals surface area contributed by atoms with Gasteiger partial charge in [-0.2, -0.15) is 0 Å². The van der Waals surface area contributed by atoms with E-state index in [1.807, 2.05) is 18.3 Å². The summed E-state index contributed by atoms with van der Waals surface area (Å²) in [6, 6.07) is 8.50. The van der Waals surface area contributed by atoms with Crippen molar-refractivity contribution in [2.24, 2.45) is 29.6 Å². The van der Waals surface area contributed by atoms with Crippen LogP contribution in [0.25, 0.3) is 11.3 Å². The summed E-state index contributed by atoms with van der Waals surface area (Å²) in [5.74, 6) is 4.00. The number of hydrogen-bond donors (Lipinski definition) is 3. The van der Waals surface area contributed by atoms with Crippen LogP contribution in [0.5, 0.6) is 5.75 Å². The van der Waals surface area contributed by atoms with Crippen LogP contribution in [-0.4, -0.2) is 54.7 Å². The lowest BCUT2D eigenvalue weighted by molar-refractivity contribution is 0.218. The van der Waals surface area contributed by atoms with E-state index in [9.17, 15) is 0 Å². The van der Waals surface area contributed by atoms with Gasteiger partial charge in [-0.15, -0.1) is 0 Å². The van der Waals surface area contributed by atoms with Crippen molar-refractivity contribution in [3.8, 4) is 17.0 Å². The zero-order valence-electron chi connectivity index (χ0n) is 19.4. The van der Waals surface area contributed by atoms with E-state index in [2.05, 4.69) is 48.2 Å². The highest BCUT2D eigenvalue weighted by Crippen LogP contribution is 2.30. The molecule has 0 amide bonds. The molecule has 4 N–H and O–H groups in total. The highest BCUT2D eigenvalue weighted by Gasteiger charge is 2.28. The number of nitrogens with two attached hydrogens (primary N) is 1. The molecule has 1 aliphatic rings. The van der Waals surface area contributed by atoms with Gasteiger partial charge < -0.3 is 25.7 Å². The molecule has 2 aromatic rings. The van der Waals surface area contributed by atoms with Gasteiger partial charge in [0.25, 0.3) is 0 Å². The fraction of sp³-hybridized carbons (Fsp3) is 0.583. The topological polar surface area (TPSA) is 89.5 Å². The van der Waals surface area contributed by atoms with Crippen molar-refractivity contribution in [3.05, 3.63) is 36.3 Å². The number of amidine groups is 1. The Hall–Kier alpha value is -2.38. The molecule has 3 rings (SSSR count). The van der Waals surface area contributed by atoms with E-state index in [0.717, 1.165) is 61.1 Å². The Morgan fingerprint density at radius 3 is 2.71 bits per heavy atom. The molecule has 0 saturated heterocycles. The zero-order valence-corrected chi connectivity index (χ0v) is 19.4. The van der Waals surface area contributed by atoms with Crippen LogP contribution < -0.4 is 21.1 Å². The fourth-order valence-electron chi connectivity index (χ4n) is 4.47. The maximum atomic E-state index is 5.60. The fourth-order valence-corrected chi connectivity index (χ4v) is 4.47. The summed E-state index contributed by atoms with van der Waals surface area (Å²) < 4.78 is 7.40. The molecule has 1 heterocycles. The Bertz CT molecular complexity index is 844. The average Bonchev–Trinajstić information content (AvgIpc) is 3.16. The second-order valence-electron chi connectivity index (χ2n) is 8.46. The average molecular weight is 427 g/mol. The summed E-state index contributed by atoms with van der Waals surface area (Å²) >= 11 is 0. The van der Waals surface area contributed by atoms with E-state index in [0.29, 0.717) is 24.4 Å². The second kappa shape index (κ2) is 11.3. The maximum absolute atomic E-state index is 5.60. The quantitative estimate of drug-likeness (QED) is 0.326. The molecule has 0 bridgehead atoms. The van der Waals surface area contributed by atoms with Gasteiger partial charge in [-0.1, -0.05) is 6.92 Å². The normalized spacial score (nSPS) is 21.8. The molecule has 1 aromatic carbocycles. The smallest absolute Gasteiger partial charge is 0.175 e. The van der Waals surface area contributed by atoms with Crippen molar-refractivity contribution in [1.29, 1.82) is 0 Å². The Kier molecular flexibility index (Phi) is 8.49. The molecule has 0 radical (unpaired) electrons. The number of nitrogens with zero attached hydrogens (tertiary/aromatic N) is 3. The molecule has 7 heteroatoms. The van der Waals surface area contributed by atoms with Crippen LogP contribution in [0.1, 0.15) is 38.9 Å². The van der Waals surface area contributed by atoms with Gasteiger partial charge in [-0.25, -0.2) is 4.98 Å². The summed E-state index contributed by atoms with van der Waals surface area (Å²) in [7, 11) is 3.73. The van der Waals surface area contributed by atoms with Crippen molar-refractivity contribution in [2.75, 3.05) is 33.3 Å². The number of nitrogens with one attached hydrogen (secondary N) is 2.